The quantitative estimate of drug-likeness (QED) is 0.832. The van der Waals surface area contributed by atoms with Gasteiger partial charge in [0.05, 0.1) is 0 Å². The molecule has 0 saturated heterocycles. The minimum atomic E-state index is 0.871. The van der Waals surface area contributed by atoms with Gasteiger partial charge in [-0.05, 0) is 36.6 Å². The number of rotatable bonds is 4. The summed E-state index contributed by atoms with van der Waals surface area (Å²) in [6.45, 7) is 5.21. The average Bonchev–Trinajstić information content (AvgIpc) is 2.83. The van der Waals surface area contributed by atoms with Gasteiger partial charge in [-0.1, -0.05) is 33.3 Å². The van der Waals surface area contributed by atoms with E-state index in [2.05, 4.69) is 51.7 Å². The van der Waals surface area contributed by atoms with Crippen LogP contribution in [0.3, 0.4) is 0 Å². The lowest BCUT2D eigenvalue weighted by Gasteiger charge is -2.15. The van der Waals surface area contributed by atoms with Gasteiger partial charge in [0.1, 0.15) is 0 Å². The number of likely N-dealkylation sites (N-methyl/N-ethyl adjacent to an activating group) is 1. The molecule has 0 fully saturated rings. The highest BCUT2D eigenvalue weighted by atomic mass is 32.1. The molecule has 1 aromatic heterocycles. The van der Waals surface area contributed by atoms with Gasteiger partial charge in [-0.15, -0.1) is 0 Å². The van der Waals surface area contributed by atoms with Gasteiger partial charge >= 0.3 is 0 Å². The van der Waals surface area contributed by atoms with Crippen LogP contribution in [-0.4, -0.2) is 28.4 Å². The van der Waals surface area contributed by atoms with E-state index in [1.54, 1.807) is 0 Å². The van der Waals surface area contributed by atoms with Gasteiger partial charge in [-0.2, -0.15) is 0 Å². The molecule has 4 nitrogen and oxygen atoms in total. The Balaban J connectivity index is 2.00. The molecule has 2 aromatic rings. The van der Waals surface area contributed by atoms with Gasteiger partial charge in [-0.3, -0.25) is 0 Å². The molecule has 0 N–H and O–H groups in total. The second-order valence-electron chi connectivity index (χ2n) is 4.25. The topological polar surface area (TPSA) is 41.9 Å². The van der Waals surface area contributed by atoms with Crippen molar-refractivity contribution >= 4 is 16.7 Å². The summed E-state index contributed by atoms with van der Waals surface area (Å²) < 4.78 is 3.77. The smallest absolute Gasteiger partial charge is 0.227 e. The van der Waals surface area contributed by atoms with Gasteiger partial charge in [0.25, 0.3) is 0 Å². The number of aryl methyl sites for hydroxylation is 2. The summed E-state index contributed by atoms with van der Waals surface area (Å²) >= 11 is 1.33. The lowest BCUT2D eigenvalue weighted by atomic mass is 10.0. The Labute approximate surface area is 105 Å². The molecule has 0 radical (unpaired) electrons. The van der Waals surface area contributed by atoms with E-state index in [1.807, 2.05) is 7.05 Å². The van der Waals surface area contributed by atoms with Crippen LogP contribution < -0.4 is 4.90 Å². The molecule has 1 aromatic carbocycles. The standard InChI is InChI=1S/C12H16N4S/c1-9-4-5-10(2)11(8-9)6-7-16(3)12-13-14-15-17-12/h4-5,8H,6-7H2,1-3H3. The van der Waals surface area contributed by atoms with Crippen molar-refractivity contribution in [1.29, 1.82) is 0 Å². The monoisotopic (exact) mass is 248 g/mol. The maximum absolute atomic E-state index is 3.95. The molecule has 0 aliphatic rings. The van der Waals surface area contributed by atoms with Crippen molar-refractivity contribution in [3.8, 4) is 0 Å². The molecule has 5 heteroatoms. The Morgan fingerprint density at radius 1 is 1.29 bits per heavy atom. The molecule has 0 unspecified atom stereocenters. The molecule has 1 heterocycles. The third kappa shape index (κ3) is 3.00. The van der Waals surface area contributed by atoms with E-state index in [4.69, 9.17) is 0 Å². The first kappa shape index (κ1) is 12.0. The van der Waals surface area contributed by atoms with Crippen molar-refractivity contribution in [2.75, 3.05) is 18.5 Å². The molecule has 0 amide bonds. The SMILES string of the molecule is Cc1ccc(C)c(CCN(C)c2nnns2)c1. The molecular weight excluding hydrogens is 232 g/mol. The van der Waals surface area contributed by atoms with Crippen molar-refractivity contribution < 1.29 is 0 Å². The zero-order valence-corrected chi connectivity index (χ0v) is 11.2. The summed E-state index contributed by atoms with van der Waals surface area (Å²) in [5.74, 6) is 0. The third-order valence-electron chi connectivity index (χ3n) is 2.84. The number of hydrogen-bond donors (Lipinski definition) is 0. The van der Waals surface area contributed by atoms with E-state index in [1.165, 1.54) is 28.2 Å². The predicted octanol–water partition coefficient (Wildman–Crippen LogP) is 2.23. The van der Waals surface area contributed by atoms with Gasteiger partial charge in [-0.25, -0.2) is 0 Å². The minimum absolute atomic E-state index is 0.871. The van der Waals surface area contributed by atoms with Crippen molar-refractivity contribution in [3.05, 3.63) is 34.9 Å². The number of nitrogens with zero attached hydrogens (tertiary/aromatic N) is 4. The molecule has 17 heavy (non-hydrogen) atoms. The normalized spacial score (nSPS) is 10.5. The van der Waals surface area contributed by atoms with E-state index in [-0.39, 0.29) is 0 Å². The summed E-state index contributed by atoms with van der Waals surface area (Å²) in [6, 6.07) is 6.58. The first-order valence-electron chi connectivity index (χ1n) is 5.59. The summed E-state index contributed by atoms with van der Waals surface area (Å²) in [6.07, 6.45) is 1.02. The van der Waals surface area contributed by atoms with E-state index < -0.39 is 0 Å². The van der Waals surface area contributed by atoms with Crippen LogP contribution in [0.4, 0.5) is 5.13 Å². The van der Waals surface area contributed by atoms with Crippen LogP contribution in [0.5, 0.6) is 0 Å². The molecule has 0 spiro atoms. The van der Waals surface area contributed by atoms with Crippen LogP contribution in [0.15, 0.2) is 18.2 Å². The second kappa shape index (κ2) is 5.23. The first-order valence-corrected chi connectivity index (χ1v) is 6.36. The largest absolute Gasteiger partial charge is 0.348 e. The second-order valence-corrected chi connectivity index (χ2v) is 4.96. The first-order chi connectivity index (χ1) is 8.16. The van der Waals surface area contributed by atoms with Crippen LogP contribution in [-0.2, 0) is 6.42 Å². The van der Waals surface area contributed by atoms with E-state index in [9.17, 15) is 0 Å². The van der Waals surface area contributed by atoms with E-state index >= 15 is 0 Å². The number of anilines is 1. The van der Waals surface area contributed by atoms with E-state index in [0.717, 1.165) is 18.1 Å². The lowest BCUT2D eigenvalue weighted by molar-refractivity contribution is 0.844. The molecule has 90 valence electrons. The lowest BCUT2D eigenvalue weighted by Crippen LogP contribution is -2.20. The molecular formula is C12H16N4S. The summed E-state index contributed by atoms with van der Waals surface area (Å²) in [5.41, 5.74) is 4.06. The van der Waals surface area contributed by atoms with Gasteiger partial charge in [0.15, 0.2) is 0 Å². The summed E-state index contributed by atoms with van der Waals surface area (Å²) in [5, 5.41) is 8.43. The van der Waals surface area contributed by atoms with Crippen molar-refractivity contribution in [1.82, 2.24) is 14.8 Å². The molecule has 0 aliphatic heterocycles. The Morgan fingerprint density at radius 2 is 2.12 bits per heavy atom. The van der Waals surface area contributed by atoms with Crippen LogP contribution in [0.25, 0.3) is 0 Å². The van der Waals surface area contributed by atoms with Crippen molar-refractivity contribution in [3.63, 3.8) is 0 Å². The van der Waals surface area contributed by atoms with E-state index in [0.29, 0.717) is 0 Å². The minimum Gasteiger partial charge on any atom is -0.348 e. The maximum Gasteiger partial charge on any atom is 0.227 e. The van der Waals surface area contributed by atoms with Gasteiger partial charge < -0.3 is 4.90 Å². The van der Waals surface area contributed by atoms with Crippen LogP contribution in [0.1, 0.15) is 16.7 Å². The zero-order valence-electron chi connectivity index (χ0n) is 10.3. The zero-order chi connectivity index (χ0) is 12.3. The fraction of sp³-hybridized carbons (Fsp3) is 0.417. The van der Waals surface area contributed by atoms with Gasteiger partial charge in [0, 0.05) is 25.1 Å². The van der Waals surface area contributed by atoms with Crippen LogP contribution in [0.2, 0.25) is 0 Å². The molecule has 0 saturated carbocycles. The Morgan fingerprint density at radius 3 is 2.82 bits per heavy atom. The highest BCUT2D eigenvalue weighted by Gasteiger charge is 2.06. The summed E-state index contributed by atoms with van der Waals surface area (Å²) in [4.78, 5) is 2.09. The predicted molar refractivity (Wildman–Crippen MR) is 70.6 cm³/mol. The highest BCUT2D eigenvalue weighted by molar-refractivity contribution is 7.09. The fourth-order valence-electron chi connectivity index (χ4n) is 1.73. The highest BCUT2D eigenvalue weighted by Crippen LogP contribution is 2.15. The average molecular weight is 248 g/mol. The van der Waals surface area contributed by atoms with Gasteiger partial charge in [0.2, 0.25) is 5.13 Å². The van der Waals surface area contributed by atoms with Crippen molar-refractivity contribution in [2.45, 2.75) is 20.3 Å². The maximum atomic E-state index is 3.95. The third-order valence-corrected chi connectivity index (χ3v) is 3.55. The number of aromatic nitrogens is 3. The summed E-state index contributed by atoms with van der Waals surface area (Å²) in [7, 11) is 2.02. The Hall–Kier alpha value is -1.49. The Kier molecular flexibility index (Phi) is 3.68. The fourth-order valence-corrected chi connectivity index (χ4v) is 2.18. The molecule has 0 aliphatic carbocycles. The Bertz CT molecular complexity index is 481. The number of benzene rings is 1. The molecule has 0 atom stereocenters. The molecule has 2 rings (SSSR count). The molecule has 0 bridgehead atoms. The van der Waals surface area contributed by atoms with Crippen molar-refractivity contribution in [2.24, 2.45) is 0 Å². The number of hydrogen-bond acceptors (Lipinski definition) is 5. The van der Waals surface area contributed by atoms with Crippen LogP contribution in [0, 0.1) is 13.8 Å². The van der Waals surface area contributed by atoms with Crippen LogP contribution >= 0.6 is 11.5 Å².